The van der Waals surface area contributed by atoms with Crippen molar-refractivity contribution in [2.24, 2.45) is 5.73 Å². The predicted octanol–water partition coefficient (Wildman–Crippen LogP) is 2.30. The zero-order valence-electron chi connectivity index (χ0n) is 11.6. The summed E-state index contributed by atoms with van der Waals surface area (Å²) >= 11 is 0. The first kappa shape index (κ1) is 16.8. The number of hydrogen-bond donors (Lipinski definition) is 1. The molecule has 20 heavy (non-hydrogen) atoms. The average molecular weight is 320 g/mol. The minimum absolute atomic E-state index is 0.0300. The number of hydrogen-bond acceptors (Lipinski definition) is 4. The summed E-state index contributed by atoms with van der Waals surface area (Å²) in [5.74, 6) is 0.0447. The molecule has 0 aromatic heterocycles. The number of benzene rings is 1. The Bertz CT molecular complexity index is 611. The number of nitrogens with two attached hydrogens (primary N) is 1. The van der Waals surface area contributed by atoms with Crippen LogP contribution in [0.3, 0.4) is 0 Å². The highest BCUT2D eigenvalue weighted by molar-refractivity contribution is 8.13. The Hall–Kier alpha value is -1.27. The molecule has 1 aromatic carbocycles. The molecule has 0 atom stereocenters. The first-order valence-corrected chi connectivity index (χ1v) is 8.44. The van der Waals surface area contributed by atoms with Crippen LogP contribution in [0.1, 0.15) is 37.3 Å². The van der Waals surface area contributed by atoms with E-state index in [2.05, 4.69) is 0 Å². The molecule has 2 N–H and O–H groups in total. The minimum Gasteiger partial charge on any atom is -0.493 e. The van der Waals surface area contributed by atoms with Crippen molar-refractivity contribution in [2.45, 2.75) is 38.0 Å². The van der Waals surface area contributed by atoms with Crippen molar-refractivity contribution >= 4 is 25.6 Å². The van der Waals surface area contributed by atoms with Gasteiger partial charge in [0.15, 0.2) is 0 Å². The molecule has 0 spiro atoms. The maximum atomic E-state index is 11.6. The summed E-state index contributed by atoms with van der Waals surface area (Å²) in [6, 6.07) is 3.13. The number of ether oxygens (including phenoxy) is 1. The van der Waals surface area contributed by atoms with Crippen molar-refractivity contribution in [1.29, 1.82) is 0 Å². The van der Waals surface area contributed by atoms with Crippen LogP contribution in [0.5, 0.6) is 5.75 Å². The van der Waals surface area contributed by atoms with Crippen LogP contribution in [0.15, 0.2) is 17.0 Å². The van der Waals surface area contributed by atoms with E-state index in [-0.39, 0.29) is 23.8 Å². The van der Waals surface area contributed by atoms with E-state index in [9.17, 15) is 13.2 Å². The van der Waals surface area contributed by atoms with Gasteiger partial charge in [-0.2, -0.15) is 0 Å². The van der Waals surface area contributed by atoms with Crippen molar-refractivity contribution in [3.8, 4) is 5.75 Å². The quantitative estimate of drug-likeness (QED) is 0.815. The molecule has 0 fully saturated rings. The molecule has 0 aliphatic rings. The largest absolute Gasteiger partial charge is 0.493 e. The summed E-state index contributed by atoms with van der Waals surface area (Å²) in [6.07, 6.45) is 0.103. The zero-order chi connectivity index (χ0) is 15.5. The van der Waals surface area contributed by atoms with Gasteiger partial charge in [-0.1, -0.05) is 13.8 Å². The Morgan fingerprint density at radius 2 is 2.00 bits per heavy atom. The molecule has 1 aromatic rings. The Morgan fingerprint density at radius 3 is 2.45 bits per heavy atom. The number of carbonyl (C=O) groups excluding carboxylic acids is 1. The number of primary amides is 1. The smallest absolute Gasteiger partial charge is 0.261 e. The number of amides is 1. The van der Waals surface area contributed by atoms with Gasteiger partial charge >= 0.3 is 0 Å². The highest BCUT2D eigenvalue weighted by atomic mass is 35.7. The van der Waals surface area contributed by atoms with E-state index in [0.29, 0.717) is 16.9 Å². The van der Waals surface area contributed by atoms with Crippen LogP contribution in [-0.2, 0) is 13.8 Å². The van der Waals surface area contributed by atoms with Gasteiger partial charge in [-0.15, -0.1) is 0 Å². The van der Waals surface area contributed by atoms with E-state index in [0.717, 1.165) is 0 Å². The third-order valence-electron chi connectivity index (χ3n) is 2.80. The maximum absolute atomic E-state index is 11.6. The van der Waals surface area contributed by atoms with E-state index < -0.39 is 15.0 Å². The molecular weight excluding hydrogens is 302 g/mol. The lowest BCUT2D eigenvalue weighted by Gasteiger charge is -2.15. The van der Waals surface area contributed by atoms with Gasteiger partial charge in [0.25, 0.3) is 9.05 Å². The van der Waals surface area contributed by atoms with Crippen LogP contribution in [0, 0.1) is 6.92 Å². The molecule has 5 nitrogen and oxygen atoms in total. The molecular formula is C13H18ClNO4S. The fourth-order valence-corrected chi connectivity index (χ4v) is 3.05. The van der Waals surface area contributed by atoms with Crippen LogP contribution >= 0.6 is 10.7 Å². The van der Waals surface area contributed by atoms with Crippen LogP contribution < -0.4 is 10.5 Å². The summed E-state index contributed by atoms with van der Waals surface area (Å²) in [5.41, 5.74) is 6.26. The number of rotatable bonds is 6. The molecule has 112 valence electrons. The van der Waals surface area contributed by atoms with Gasteiger partial charge in [0.05, 0.1) is 17.9 Å². The first-order valence-electron chi connectivity index (χ1n) is 6.13. The molecule has 0 saturated heterocycles. The first-order chi connectivity index (χ1) is 9.12. The van der Waals surface area contributed by atoms with Gasteiger partial charge in [-0.3, -0.25) is 4.79 Å². The Labute approximate surface area is 123 Å². The van der Waals surface area contributed by atoms with Crippen molar-refractivity contribution < 1.29 is 17.9 Å². The van der Waals surface area contributed by atoms with Gasteiger partial charge in [0.1, 0.15) is 5.75 Å². The molecule has 0 unspecified atom stereocenters. The third kappa shape index (κ3) is 4.38. The minimum atomic E-state index is -3.81. The van der Waals surface area contributed by atoms with Crippen molar-refractivity contribution in [3.05, 3.63) is 23.3 Å². The van der Waals surface area contributed by atoms with Gasteiger partial charge in [-0.05, 0) is 36.1 Å². The summed E-state index contributed by atoms with van der Waals surface area (Å²) in [6.45, 7) is 5.60. The van der Waals surface area contributed by atoms with E-state index in [4.69, 9.17) is 21.2 Å². The van der Waals surface area contributed by atoms with Crippen molar-refractivity contribution in [3.63, 3.8) is 0 Å². The second-order valence-electron chi connectivity index (χ2n) is 4.81. The van der Waals surface area contributed by atoms with Gasteiger partial charge in [-0.25, -0.2) is 8.42 Å². The van der Waals surface area contributed by atoms with Crippen LogP contribution in [0.4, 0.5) is 0 Å². The highest BCUT2D eigenvalue weighted by Gasteiger charge is 2.20. The topological polar surface area (TPSA) is 86.5 Å². The monoisotopic (exact) mass is 319 g/mol. The normalized spacial score (nSPS) is 11.7. The van der Waals surface area contributed by atoms with Gasteiger partial charge in [0, 0.05) is 10.7 Å². The zero-order valence-corrected chi connectivity index (χ0v) is 13.2. The van der Waals surface area contributed by atoms with E-state index in [1.54, 1.807) is 13.0 Å². The van der Waals surface area contributed by atoms with Crippen molar-refractivity contribution in [2.75, 3.05) is 6.61 Å². The third-order valence-corrected chi connectivity index (χ3v) is 4.18. The SMILES string of the molecule is Cc1cc(S(=O)(=O)Cl)c(C(C)C)cc1OCCC(N)=O. The summed E-state index contributed by atoms with van der Waals surface area (Å²) < 4.78 is 28.6. The fraction of sp³-hybridized carbons (Fsp3) is 0.462. The number of carbonyl (C=O) groups is 1. The second-order valence-corrected chi connectivity index (χ2v) is 7.35. The molecule has 0 radical (unpaired) electrons. The van der Waals surface area contributed by atoms with Crippen LogP contribution in [0.2, 0.25) is 0 Å². The summed E-state index contributed by atoms with van der Waals surface area (Å²) in [4.78, 5) is 10.8. The second kappa shape index (κ2) is 6.45. The van der Waals surface area contributed by atoms with E-state index in [1.165, 1.54) is 6.07 Å². The molecule has 1 rings (SSSR count). The maximum Gasteiger partial charge on any atom is 0.261 e. The van der Waals surface area contributed by atoms with Crippen LogP contribution in [0.25, 0.3) is 0 Å². The number of halogens is 1. The molecule has 1 amide bonds. The van der Waals surface area contributed by atoms with Crippen molar-refractivity contribution in [1.82, 2.24) is 0 Å². The van der Waals surface area contributed by atoms with Gasteiger partial charge < -0.3 is 10.5 Å². The molecule has 0 aliphatic heterocycles. The summed E-state index contributed by atoms with van der Waals surface area (Å²) in [7, 11) is 1.64. The Morgan fingerprint density at radius 1 is 1.40 bits per heavy atom. The standard InChI is InChI=1S/C13H18ClNO4S/c1-8(2)10-7-11(19-5-4-13(15)16)9(3)6-12(10)20(14,17)18/h6-8H,4-5H2,1-3H3,(H2,15,16). The Balaban J connectivity index is 3.17. The van der Waals surface area contributed by atoms with Crippen LogP contribution in [-0.4, -0.2) is 20.9 Å². The molecule has 7 heteroatoms. The van der Waals surface area contributed by atoms with E-state index in [1.807, 2.05) is 13.8 Å². The predicted molar refractivity (Wildman–Crippen MR) is 77.6 cm³/mol. The molecule has 0 saturated carbocycles. The molecule has 0 heterocycles. The Kier molecular flexibility index (Phi) is 5.42. The number of aryl methyl sites for hydroxylation is 1. The lowest BCUT2D eigenvalue weighted by Crippen LogP contribution is -2.15. The van der Waals surface area contributed by atoms with E-state index >= 15 is 0 Å². The lowest BCUT2D eigenvalue weighted by molar-refractivity contribution is -0.118. The molecule has 0 aliphatic carbocycles. The van der Waals surface area contributed by atoms with Gasteiger partial charge in [0.2, 0.25) is 5.91 Å². The summed E-state index contributed by atoms with van der Waals surface area (Å²) in [5, 5.41) is 0. The highest BCUT2D eigenvalue weighted by Crippen LogP contribution is 2.32. The fourth-order valence-electron chi connectivity index (χ4n) is 1.76. The molecule has 0 bridgehead atoms. The average Bonchev–Trinajstić information content (AvgIpc) is 2.28. The lowest BCUT2D eigenvalue weighted by atomic mass is 10.0.